The summed E-state index contributed by atoms with van der Waals surface area (Å²) in [5, 5.41) is 0.0747. The highest BCUT2D eigenvalue weighted by atomic mass is 35.5. The highest BCUT2D eigenvalue weighted by Gasteiger charge is 2.13. The quantitative estimate of drug-likeness (QED) is 0.750. The van der Waals surface area contributed by atoms with Crippen molar-refractivity contribution in [1.82, 2.24) is 19.9 Å². The van der Waals surface area contributed by atoms with E-state index in [0.29, 0.717) is 28.5 Å². The minimum absolute atomic E-state index is 0.0747. The van der Waals surface area contributed by atoms with Crippen LogP contribution in [-0.2, 0) is 0 Å². The molecule has 2 aromatic heterocycles. The second-order valence-electron chi connectivity index (χ2n) is 4.16. The molecule has 0 fully saturated rings. The Morgan fingerprint density at radius 2 is 2.05 bits per heavy atom. The molecule has 0 saturated heterocycles. The first-order valence-corrected chi connectivity index (χ1v) is 6.24. The Morgan fingerprint density at radius 1 is 1.20 bits per heavy atom. The summed E-state index contributed by atoms with van der Waals surface area (Å²) in [6.45, 7) is 1.97. The molecule has 0 spiro atoms. The maximum atomic E-state index is 5.86. The number of imidazole rings is 1. The molecule has 0 radical (unpaired) electrons. The Labute approximate surface area is 119 Å². The predicted molar refractivity (Wildman–Crippen MR) is 74.5 cm³/mol. The highest BCUT2D eigenvalue weighted by Crippen LogP contribution is 2.33. The summed E-state index contributed by atoms with van der Waals surface area (Å²) in [5.74, 6) is 1.47. The molecule has 0 aliphatic rings. The van der Waals surface area contributed by atoms with Crippen LogP contribution in [0, 0.1) is 6.92 Å². The number of halogens is 1. The van der Waals surface area contributed by atoms with Crippen LogP contribution in [0.15, 0.2) is 24.5 Å². The van der Waals surface area contributed by atoms with E-state index in [1.54, 1.807) is 7.11 Å². The molecule has 0 aliphatic carbocycles. The number of ether oxygens (including phenoxy) is 2. The van der Waals surface area contributed by atoms with Gasteiger partial charge in [0.25, 0.3) is 0 Å². The van der Waals surface area contributed by atoms with Crippen LogP contribution in [0.3, 0.4) is 0 Å². The van der Waals surface area contributed by atoms with Crippen LogP contribution in [0.2, 0.25) is 5.28 Å². The van der Waals surface area contributed by atoms with Gasteiger partial charge in [0.2, 0.25) is 11.2 Å². The fraction of sp³-hybridized carbons (Fsp3) is 0.154. The van der Waals surface area contributed by atoms with E-state index in [1.807, 2.05) is 25.1 Å². The zero-order valence-corrected chi connectivity index (χ0v) is 11.6. The van der Waals surface area contributed by atoms with Gasteiger partial charge in [0.1, 0.15) is 5.52 Å². The van der Waals surface area contributed by atoms with Crippen LogP contribution >= 0.6 is 11.6 Å². The fourth-order valence-corrected chi connectivity index (χ4v) is 1.98. The fourth-order valence-electron chi connectivity index (χ4n) is 1.82. The summed E-state index contributed by atoms with van der Waals surface area (Å²) < 4.78 is 11.1. The molecular weight excluding hydrogens is 280 g/mol. The highest BCUT2D eigenvalue weighted by molar-refractivity contribution is 6.28. The van der Waals surface area contributed by atoms with Crippen molar-refractivity contribution in [3.8, 4) is 17.4 Å². The Hall–Kier alpha value is -2.34. The van der Waals surface area contributed by atoms with Crippen LogP contribution in [-0.4, -0.2) is 27.0 Å². The molecule has 3 aromatic rings. The Bertz CT molecular complexity index is 772. The second kappa shape index (κ2) is 4.97. The molecule has 2 heterocycles. The van der Waals surface area contributed by atoms with Gasteiger partial charge in [0.15, 0.2) is 17.1 Å². The van der Waals surface area contributed by atoms with Crippen molar-refractivity contribution in [1.29, 1.82) is 0 Å². The molecule has 0 bridgehead atoms. The van der Waals surface area contributed by atoms with Gasteiger partial charge in [-0.25, -0.2) is 4.98 Å². The van der Waals surface area contributed by atoms with Gasteiger partial charge >= 0.3 is 0 Å². The lowest BCUT2D eigenvalue weighted by molar-refractivity contribution is 0.375. The van der Waals surface area contributed by atoms with Crippen molar-refractivity contribution in [2.45, 2.75) is 6.92 Å². The third kappa shape index (κ3) is 2.25. The Kier molecular flexibility index (Phi) is 3.15. The number of hydrogen-bond donors (Lipinski definition) is 1. The van der Waals surface area contributed by atoms with Gasteiger partial charge in [-0.15, -0.1) is 0 Å². The third-order valence-corrected chi connectivity index (χ3v) is 2.92. The molecule has 0 unspecified atom stereocenters. The minimum Gasteiger partial charge on any atom is -0.493 e. The molecular formula is C13H11ClN4O2. The lowest BCUT2D eigenvalue weighted by atomic mass is 10.2. The molecule has 6 nitrogen and oxygen atoms in total. The van der Waals surface area contributed by atoms with E-state index in [-0.39, 0.29) is 5.28 Å². The Morgan fingerprint density at radius 3 is 2.85 bits per heavy atom. The van der Waals surface area contributed by atoms with Gasteiger partial charge in [-0.1, -0.05) is 6.07 Å². The Balaban J connectivity index is 2.07. The summed E-state index contributed by atoms with van der Waals surface area (Å²) >= 11 is 5.86. The van der Waals surface area contributed by atoms with Gasteiger partial charge in [-0.2, -0.15) is 9.97 Å². The van der Waals surface area contributed by atoms with E-state index in [4.69, 9.17) is 21.1 Å². The summed E-state index contributed by atoms with van der Waals surface area (Å²) in [5.41, 5.74) is 2.10. The van der Waals surface area contributed by atoms with E-state index in [0.717, 1.165) is 5.56 Å². The summed E-state index contributed by atoms with van der Waals surface area (Å²) in [6.07, 6.45) is 1.51. The number of aromatic nitrogens is 4. The zero-order valence-electron chi connectivity index (χ0n) is 10.8. The first-order valence-electron chi connectivity index (χ1n) is 5.86. The lowest BCUT2D eigenvalue weighted by Gasteiger charge is -2.10. The number of hydrogen-bond acceptors (Lipinski definition) is 5. The van der Waals surface area contributed by atoms with E-state index >= 15 is 0 Å². The number of fused-ring (bicyclic) bond motifs is 1. The van der Waals surface area contributed by atoms with Crippen LogP contribution in [0.4, 0.5) is 0 Å². The zero-order chi connectivity index (χ0) is 14.1. The molecule has 7 heteroatoms. The molecule has 1 aromatic carbocycles. The van der Waals surface area contributed by atoms with E-state index in [2.05, 4.69) is 19.9 Å². The molecule has 102 valence electrons. The molecule has 0 saturated carbocycles. The number of nitrogens with one attached hydrogen (secondary N) is 1. The van der Waals surface area contributed by atoms with Crippen molar-refractivity contribution in [2.24, 2.45) is 0 Å². The van der Waals surface area contributed by atoms with Crippen molar-refractivity contribution in [3.63, 3.8) is 0 Å². The molecule has 0 atom stereocenters. The van der Waals surface area contributed by atoms with Gasteiger partial charge in [-0.05, 0) is 36.2 Å². The van der Waals surface area contributed by atoms with Gasteiger partial charge in [0.05, 0.1) is 13.4 Å². The maximum Gasteiger partial charge on any atom is 0.250 e. The molecule has 0 amide bonds. The summed E-state index contributed by atoms with van der Waals surface area (Å²) in [7, 11) is 1.58. The van der Waals surface area contributed by atoms with E-state index in [1.165, 1.54) is 6.33 Å². The van der Waals surface area contributed by atoms with Crippen LogP contribution in [0.5, 0.6) is 17.4 Å². The van der Waals surface area contributed by atoms with Gasteiger partial charge in [-0.3, -0.25) is 0 Å². The van der Waals surface area contributed by atoms with Crippen molar-refractivity contribution < 1.29 is 9.47 Å². The molecule has 20 heavy (non-hydrogen) atoms. The first kappa shape index (κ1) is 12.7. The number of methoxy groups -OCH3 is 1. The number of aryl methyl sites for hydroxylation is 1. The topological polar surface area (TPSA) is 72.9 Å². The molecule has 3 rings (SSSR count). The second-order valence-corrected chi connectivity index (χ2v) is 4.49. The standard InChI is InChI=1S/C13H11ClN4O2/c1-7-3-4-8(9(5-7)19-2)20-12-10-11(16-6-15-10)17-13(14)18-12/h3-6H,1-2H3,(H,15,16,17,18). The van der Waals surface area contributed by atoms with Crippen molar-refractivity contribution >= 4 is 22.8 Å². The lowest BCUT2D eigenvalue weighted by Crippen LogP contribution is -1.95. The SMILES string of the molecule is COc1cc(C)ccc1Oc1nc(Cl)nc2nc[nH]c12. The average Bonchev–Trinajstić information content (AvgIpc) is 2.88. The van der Waals surface area contributed by atoms with Crippen LogP contribution < -0.4 is 9.47 Å². The van der Waals surface area contributed by atoms with Crippen molar-refractivity contribution in [3.05, 3.63) is 35.4 Å². The summed E-state index contributed by atoms with van der Waals surface area (Å²) in [4.78, 5) is 15.0. The number of aromatic amines is 1. The number of benzene rings is 1. The average molecular weight is 291 g/mol. The van der Waals surface area contributed by atoms with Crippen LogP contribution in [0.25, 0.3) is 11.2 Å². The van der Waals surface area contributed by atoms with Gasteiger partial charge in [0, 0.05) is 0 Å². The van der Waals surface area contributed by atoms with E-state index < -0.39 is 0 Å². The predicted octanol–water partition coefficient (Wildman–Crippen LogP) is 3.12. The first-order chi connectivity index (χ1) is 9.67. The number of rotatable bonds is 3. The smallest absolute Gasteiger partial charge is 0.250 e. The number of H-pyrrole nitrogens is 1. The molecule has 1 N–H and O–H groups in total. The molecule has 0 aliphatic heterocycles. The van der Waals surface area contributed by atoms with Crippen molar-refractivity contribution in [2.75, 3.05) is 7.11 Å². The van der Waals surface area contributed by atoms with E-state index in [9.17, 15) is 0 Å². The van der Waals surface area contributed by atoms with Gasteiger partial charge < -0.3 is 14.5 Å². The largest absolute Gasteiger partial charge is 0.493 e. The number of nitrogens with zero attached hydrogens (tertiary/aromatic N) is 3. The van der Waals surface area contributed by atoms with Crippen LogP contribution in [0.1, 0.15) is 5.56 Å². The normalized spacial score (nSPS) is 10.8. The maximum absolute atomic E-state index is 5.86. The monoisotopic (exact) mass is 290 g/mol. The summed E-state index contributed by atoms with van der Waals surface area (Å²) in [6, 6.07) is 5.61. The third-order valence-electron chi connectivity index (χ3n) is 2.75. The minimum atomic E-state index is 0.0747.